The molecule has 0 aromatic heterocycles. The predicted molar refractivity (Wildman–Crippen MR) is 133 cm³/mol. The van der Waals surface area contributed by atoms with Crippen LogP contribution in [-0.2, 0) is 14.3 Å². The van der Waals surface area contributed by atoms with Crippen LogP contribution in [0.25, 0.3) is 11.1 Å². The number of fused-ring (bicyclic) bond motifs is 3. The van der Waals surface area contributed by atoms with Gasteiger partial charge in [0.05, 0.1) is 11.5 Å². The number of carbonyl (C=O) groups is 3. The Labute approximate surface area is 206 Å². The first-order chi connectivity index (χ1) is 16.7. The van der Waals surface area contributed by atoms with Gasteiger partial charge in [-0.25, -0.2) is 9.59 Å². The number of hydrogen-bond donors (Lipinski definition) is 3. The molecular weight excluding hydrogens is 444 g/mol. The molecule has 2 aliphatic carbocycles. The zero-order valence-corrected chi connectivity index (χ0v) is 20.5. The SMILES string of the molecule is CC(C)[C@@H](NC(=O)C1CCCCC1(C)NC(=O)OCC1c2ccccc2-c2ccccc21)C(=O)O. The van der Waals surface area contributed by atoms with Crippen molar-refractivity contribution in [1.82, 2.24) is 10.6 Å². The van der Waals surface area contributed by atoms with Crippen LogP contribution in [0.15, 0.2) is 48.5 Å². The van der Waals surface area contributed by atoms with E-state index in [1.54, 1.807) is 13.8 Å². The molecule has 2 aliphatic rings. The minimum Gasteiger partial charge on any atom is -0.480 e. The van der Waals surface area contributed by atoms with Crippen molar-refractivity contribution in [3.05, 3.63) is 59.7 Å². The van der Waals surface area contributed by atoms with E-state index in [0.717, 1.165) is 35.1 Å². The zero-order valence-electron chi connectivity index (χ0n) is 20.5. The summed E-state index contributed by atoms with van der Waals surface area (Å²) in [6, 6.07) is 15.3. The summed E-state index contributed by atoms with van der Waals surface area (Å²) in [5.41, 5.74) is 3.77. The van der Waals surface area contributed by atoms with Crippen molar-refractivity contribution < 1.29 is 24.2 Å². The second kappa shape index (κ2) is 10.1. The summed E-state index contributed by atoms with van der Waals surface area (Å²) in [6.45, 7) is 5.56. The molecule has 7 nitrogen and oxygen atoms in total. The lowest BCUT2D eigenvalue weighted by Crippen LogP contribution is -2.59. The molecule has 0 radical (unpaired) electrons. The molecule has 35 heavy (non-hydrogen) atoms. The number of alkyl carbamates (subject to hydrolysis) is 1. The highest BCUT2D eigenvalue weighted by molar-refractivity contribution is 5.86. The molecule has 0 bridgehead atoms. The molecule has 1 saturated carbocycles. The van der Waals surface area contributed by atoms with Crippen LogP contribution in [0.5, 0.6) is 0 Å². The highest BCUT2D eigenvalue weighted by atomic mass is 16.5. The van der Waals surface area contributed by atoms with Crippen LogP contribution in [-0.4, -0.2) is 41.3 Å². The second-order valence-corrected chi connectivity index (χ2v) is 10.2. The van der Waals surface area contributed by atoms with Crippen molar-refractivity contribution in [3.63, 3.8) is 0 Å². The maximum atomic E-state index is 13.1. The van der Waals surface area contributed by atoms with E-state index in [2.05, 4.69) is 34.9 Å². The summed E-state index contributed by atoms with van der Waals surface area (Å²) in [7, 11) is 0. The van der Waals surface area contributed by atoms with E-state index in [9.17, 15) is 19.5 Å². The molecule has 186 valence electrons. The third-order valence-corrected chi connectivity index (χ3v) is 7.49. The minimum absolute atomic E-state index is 0.0474. The number of aliphatic carboxylic acids is 1. The lowest BCUT2D eigenvalue weighted by atomic mass is 9.73. The first-order valence-corrected chi connectivity index (χ1v) is 12.4. The number of carboxylic acid groups (broad SMARTS) is 1. The van der Waals surface area contributed by atoms with Gasteiger partial charge in [-0.1, -0.05) is 75.2 Å². The van der Waals surface area contributed by atoms with Gasteiger partial charge >= 0.3 is 12.1 Å². The number of amides is 2. The molecule has 2 unspecified atom stereocenters. The minimum atomic E-state index is -1.06. The summed E-state index contributed by atoms with van der Waals surface area (Å²) < 4.78 is 5.72. The maximum Gasteiger partial charge on any atom is 0.407 e. The number of ether oxygens (including phenoxy) is 1. The Hall–Kier alpha value is -3.35. The van der Waals surface area contributed by atoms with E-state index in [0.29, 0.717) is 12.8 Å². The third kappa shape index (κ3) is 5.04. The van der Waals surface area contributed by atoms with Gasteiger partial charge in [-0.05, 0) is 47.9 Å². The standard InChI is InChI=1S/C28H34N2O5/c1-17(2)24(26(32)33)29-25(31)23-14-8-9-15-28(23,3)30-27(34)35-16-22-20-12-6-4-10-18(20)19-11-5-7-13-21(19)22/h4-7,10-13,17,22-24H,8-9,14-16H2,1-3H3,(H,29,31)(H,30,34)(H,32,33)/t23?,24-,28?/m1/s1. The van der Waals surface area contributed by atoms with Crippen LogP contribution < -0.4 is 10.6 Å². The number of nitrogens with one attached hydrogen (secondary N) is 2. The molecule has 0 aliphatic heterocycles. The largest absolute Gasteiger partial charge is 0.480 e. The van der Waals surface area contributed by atoms with Gasteiger partial charge in [0, 0.05) is 5.92 Å². The number of carbonyl (C=O) groups excluding carboxylic acids is 2. The molecule has 7 heteroatoms. The topological polar surface area (TPSA) is 105 Å². The first kappa shape index (κ1) is 24.8. The summed E-state index contributed by atoms with van der Waals surface area (Å²) in [5, 5.41) is 15.1. The summed E-state index contributed by atoms with van der Waals surface area (Å²) in [5.74, 6) is -2.23. The van der Waals surface area contributed by atoms with Gasteiger partial charge in [0.1, 0.15) is 12.6 Å². The molecule has 2 aromatic carbocycles. The van der Waals surface area contributed by atoms with Gasteiger partial charge in [-0.2, -0.15) is 0 Å². The van der Waals surface area contributed by atoms with Crippen LogP contribution in [0.4, 0.5) is 4.79 Å². The fourth-order valence-electron chi connectivity index (χ4n) is 5.54. The van der Waals surface area contributed by atoms with E-state index in [-0.39, 0.29) is 24.3 Å². The number of carboxylic acids is 1. The lowest BCUT2D eigenvalue weighted by molar-refractivity contribution is -0.144. The number of rotatable bonds is 7. The summed E-state index contributed by atoms with van der Waals surface area (Å²) in [6.07, 6.45) is 2.36. The van der Waals surface area contributed by atoms with E-state index in [1.165, 1.54) is 0 Å². The molecule has 4 rings (SSSR count). The number of benzene rings is 2. The van der Waals surface area contributed by atoms with Gasteiger partial charge in [-0.15, -0.1) is 0 Å². The fraction of sp³-hybridized carbons (Fsp3) is 0.464. The quantitative estimate of drug-likeness (QED) is 0.535. The molecule has 3 N–H and O–H groups in total. The fourth-order valence-corrected chi connectivity index (χ4v) is 5.54. The van der Waals surface area contributed by atoms with Crippen molar-refractivity contribution in [1.29, 1.82) is 0 Å². The van der Waals surface area contributed by atoms with Crippen molar-refractivity contribution in [2.45, 2.75) is 64.0 Å². The van der Waals surface area contributed by atoms with Crippen molar-refractivity contribution in [3.8, 4) is 11.1 Å². The molecule has 0 saturated heterocycles. The van der Waals surface area contributed by atoms with Gasteiger partial charge in [-0.3, -0.25) is 4.79 Å². The Morgan fingerprint density at radius 1 is 1.03 bits per heavy atom. The predicted octanol–water partition coefficient (Wildman–Crippen LogP) is 4.70. The molecular formula is C28H34N2O5. The first-order valence-electron chi connectivity index (χ1n) is 12.4. The van der Waals surface area contributed by atoms with Crippen LogP contribution >= 0.6 is 0 Å². The smallest absolute Gasteiger partial charge is 0.407 e. The Morgan fingerprint density at radius 3 is 2.20 bits per heavy atom. The maximum absolute atomic E-state index is 13.1. The van der Waals surface area contributed by atoms with Crippen molar-refractivity contribution in [2.75, 3.05) is 6.61 Å². The van der Waals surface area contributed by atoms with E-state index in [1.807, 2.05) is 31.2 Å². The average Bonchev–Trinajstić information content (AvgIpc) is 3.14. The second-order valence-electron chi connectivity index (χ2n) is 10.2. The number of hydrogen-bond acceptors (Lipinski definition) is 4. The molecule has 2 aromatic rings. The molecule has 3 atom stereocenters. The summed E-state index contributed by atoms with van der Waals surface area (Å²) in [4.78, 5) is 37.6. The Balaban J connectivity index is 1.44. The monoisotopic (exact) mass is 478 g/mol. The normalized spacial score (nSPS) is 22.1. The Kier molecular flexibility index (Phi) is 7.15. The van der Waals surface area contributed by atoms with Gasteiger partial charge in [0.25, 0.3) is 0 Å². The zero-order chi connectivity index (χ0) is 25.2. The van der Waals surface area contributed by atoms with Crippen LogP contribution in [0.1, 0.15) is 63.5 Å². The van der Waals surface area contributed by atoms with E-state index < -0.39 is 29.6 Å². The van der Waals surface area contributed by atoms with Gasteiger partial charge < -0.3 is 20.5 Å². The third-order valence-electron chi connectivity index (χ3n) is 7.49. The average molecular weight is 479 g/mol. The highest BCUT2D eigenvalue weighted by Crippen LogP contribution is 2.44. The Morgan fingerprint density at radius 2 is 1.63 bits per heavy atom. The van der Waals surface area contributed by atoms with Crippen LogP contribution in [0.3, 0.4) is 0 Å². The lowest BCUT2D eigenvalue weighted by Gasteiger charge is -2.41. The summed E-state index contributed by atoms with van der Waals surface area (Å²) >= 11 is 0. The van der Waals surface area contributed by atoms with E-state index in [4.69, 9.17) is 4.74 Å². The molecule has 2 amide bonds. The highest BCUT2D eigenvalue weighted by Gasteiger charge is 2.44. The molecule has 1 fully saturated rings. The van der Waals surface area contributed by atoms with Crippen molar-refractivity contribution >= 4 is 18.0 Å². The molecule has 0 heterocycles. The van der Waals surface area contributed by atoms with Crippen LogP contribution in [0.2, 0.25) is 0 Å². The van der Waals surface area contributed by atoms with Gasteiger partial charge in [0.15, 0.2) is 0 Å². The van der Waals surface area contributed by atoms with E-state index >= 15 is 0 Å². The molecule has 0 spiro atoms. The van der Waals surface area contributed by atoms with Gasteiger partial charge in [0.2, 0.25) is 5.91 Å². The van der Waals surface area contributed by atoms with Crippen molar-refractivity contribution in [2.24, 2.45) is 11.8 Å². The van der Waals surface area contributed by atoms with Crippen LogP contribution in [0, 0.1) is 11.8 Å². The Bertz CT molecular complexity index is 1070.